The zero-order valence-electron chi connectivity index (χ0n) is 16.8. The Kier molecular flexibility index (Phi) is 7.03. The van der Waals surface area contributed by atoms with Crippen LogP contribution in [0.15, 0.2) is 70.2 Å². The van der Waals surface area contributed by atoms with E-state index in [4.69, 9.17) is 13.9 Å². The van der Waals surface area contributed by atoms with E-state index in [1.807, 2.05) is 25.1 Å². The Hall–Kier alpha value is -3.39. The van der Waals surface area contributed by atoms with Crippen molar-refractivity contribution in [3.63, 3.8) is 0 Å². The zero-order valence-corrected chi connectivity index (χ0v) is 17.6. The molecule has 8 heteroatoms. The van der Waals surface area contributed by atoms with Crippen molar-refractivity contribution in [3.05, 3.63) is 66.6 Å². The quantitative estimate of drug-likeness (QED) is 0.509. The zero-order chi connectivity index (χ0) is 21.5. The van der Waals surface area contributed by atoms with E-state index < -0.39 is 0 Å². The smallest absolute Gasteiger partial charge is 0.291 e. The van der Waals surface area contributed by atoms with Gasteiger partial charge in [-0.15, -0.1) is 11.8 Å². The summed E-state index contributed by atoms with van der Waals surface area (Å²) in [4.78, 5) is 25.6. The molecule has 0 saturated carbocycles. The Bertz CT molecular complexity index is 1020. The number of nitrogens with one attached hydrogen (secondary N) is 2. The molecule has 30 heavy (non-hydrogen) atoms. The first-order chi connectivity index (χ1) is 14.5. The molecule has 3 aromatic rings. The summed E-state index contributed by atoms with van der Waals surface area (Å²) in [6.07, 6.45) is 1.44. The van der Waals surface area contributed by atoms with Gasteiger partial charge in [-0.25, -0.2) is 0 Å². The van der Waals surface area contributed by atoms with Crippen molar-refractivity contribution in [3.8, 4) is 11.5 Å². The maximum Gasteiger partial charge on any atom is 0.291 e. The van der Waals surface area contributed by atoms with Gasteiger partial charge in [-0.3, -0.25) is 9.59 Å². The van der Waals surface area contributed by atoms with Gasteiger partial charge >= 0.3 is 0 Å². The predicted octanol–water partition coefficient (Wildman–Crippen LogP) is 4.67. The molecular formula is C22H22N2O5S. The Morgan fingerprint density at radius 3 is 2.53 bits per heavy atom. The molecule has 0 aliphatic rings. The van der Waals surface area contributed by atoms with Gasteiger partial charge in [0.15, 0.2) is 5.76 Å². The molecule has 2 N–H and O–H groups in total. The number of amides is 2. The lowest BCUT2D eigenvalue weighted by Crippen LogP contribution is -2.22. The van der Waals surface area contributed by atoms with Crippen molar-refractivity contribution in [2.75, 3.05) is 24.9 Å². The van der Waals surface area contributed by atoms with Crippen LogP contribution in [0.1, 0.15) is 17.5 Å². The number of benzene rings is 2. The van der Waals surface area contributed by atoms with Gasteiger partial charge in [-0.1, -0.05) is 6.07 Å². The molecule has 2 amide bonds. The summed E-state index contributed by atoms with van der Waals surface area (Å²) >= 11 is 1.38. The van der Waals surface area contributed by atoms with Crippen molar-refractivity contribution < 1.29 is 23.5 Å². The second-order valence-electron chi connectivity index (χ2n) is 6.27. The monoisotopic (exact) mass is 426 g/mol. The van der Waals surface area contributed by atoms with Crippen LogP contribution in [-0.2, 0) is 4.79 Å². The van der Waals surface area contributed by atoms with Gasteiger partial charge in [0.05, 0.1) is 31.4 Å². The number of methoxy groups -OCH3 is 2. The average Bonchev–Trinajstić information content (AvgIpc) is 3.29. The van der Waals surface area contributed by atoms with E-state index in [1.54, 1.807) is 43.5 Å². The van der Waals surface area contributed by atoms with Gasteiger partial charge in [0.2, 0.25) is 5.91 Å². The molecular weight excluding hydrogens is 404 g/mol. The minimum Gasteiger partial charge on any atom is -0.497 e. The third-order valence-corrected chi connectivity index (χ3v) is 5.28. The molecule has 7 nitrogen and oxygen atoms in total. The molecule has 1 unspecified atom stereocenters. The van der Waals surface area contributed by atoms with Crippen LogP contribution in [0.4, 0.5) is 11.4 Å². The maximum atomic E-state index is 12.7. The van der Waals surface area contributed by atoms with Crippen molar-refractivity contribution >= 4 is 35.0 Å². The van der Waals surface area contributed by atoms with E-state index in [0.717, 1.165) is 4.90 Å². The molecule has 1 aromatic heterocycles. The molecule has 0 aliphatic heterocycles. The van der Waals surface area contributed by atoms with Crippen LogP contribution in [0.3, 0.4) is 0 Å². The second kappa shape index (κ2) is 9.89. The normalized spacial score (nSPS) is 11.4. The first-order valence-corrected chi connectivity index (χ1v) is 10.0. The van der Waals surface area contributed by atoms with Gasteiger partial charge in [0.25, 0.3) is 5.91 Å². The minimum atomic E-state index is -0.382. The first kappa shape index (κ1) is 21.3. The summed E-state index contributed by atoms with van der Waals surface area (Å²) in [7, 11) is 3.10. The molecule has 3 rings (SSSR count). The molecule has 0 radical (unpaired) electrons. The van der Waals surface area contributed by atoms with Crippen LogP contribution >= 0.6 is 11.8 Å². The Morgan fingerprint density at radius 1 is 1.00 bits per heavy atom. The van der Waals surface area contributed by atoms with Gasteiger partial charge in [-0.2, -0.15) is 0 Å². The lowest BCUT2D eigenvalue weighted by Gasteiger charge is -2.15. The van der Waals surface area contributed by atoms with Crippen LogP contribution in [0, 0.1) is 0 Å². The Morgan fingerprint density at radius 2 is 1.83 bits per heavy atom. The molecule has 0 aliphatic carbocycles. The van der Waals surface area contributed by atoms with Crippen LogP contribution in [-0.4, -0.2) is 31.3 Å². The minimum absolute atomic E-state index is 0.173. The summed E-state index contributed by atoms with van der Waals surface area (Å²) < 4.78 is 15.6. The van der Waals surface area contributed by atoms with E-state index >= 15 is 0 Å². The summed E-state index contributed by atoms with van der Waals surface area (Å²) in [6.45, 7) is 1.81. The second-order valence-corrected chi connectivity index (χ2v) is 7.69. The van der Waals surface area contributed by atoms with Crippen molar-refractivity contribution in [1.82, 2.24) is 0 Å². The van der Waals surface area contributed by atoms with E-state index in [-0.39, 0.29) is 22.8 Å². The fourth-order valence-electron chi connectivity index (χ4n) is 2.64. The van der Waals surface area contributed by atoms with Crippen LogP contribution < -0.4 is 20.1 Å². The molecule has 0 bridgehead atoms. The lowest BCUT2D eigenvalue weighted by molar-refractivity contribution is -0.115. The molecule has 0 saturated heterocycles. The van der Waals surface area contributed by atoms with Crippen LogP contribution in [0.25, 0.3) is 0 Å². The van der Waals surface area contributed by atoms with E-state index in [0.29, 0.717) is 22.9 Å². The van der Waals surface area contributed by atoms with Crippen LogP contribution in [0.2, 0.25) is 0 Å². The average molecular weight is 426 g/mol. The molecule has 156 valence electrons. The first-order valence-electron chi connectivity index (χ1n) is 9.14. The Labute approximate surface area is 178 Å². The number of thioether (sulfide) groups is 1. The SMILES string of the molecule is COc1ccc(NC(=O)C(C)Sc2cccc(NC(=O)c3ccco3)c2)c(OC)c1. The van der Waals surface area contributed by atoms with Gasteiger partial charge in [0, 0.05) is 16.6 Å². The number of furan rings is 1. The third kappa shape index (κ3) is 5.36. The molecule has 2 aromatic carbocycles. The van der Waals surface area contributed by atoms with Gasteiger partial charge < -0.3 is 24.5 Å². The van der Waals surface area contributed by atoms with Crippen molar-refractivity contribution in [2.45, 2.75) is 17.1 Å². The van der Waals surface area contributed by atoms with E-state index in [9.17, 15) is 9.59 Å². The predicted molar refractivity (Wildman–Crippen MR) is 117 cm³/mol. The summed E-state index contributed by atoms with van der Waals surface area (Å²) in [5, 5.41) is 5.27. The number of hydrogen-bond acceptors (Lipinski definition) is 6. The summed E-state index contributed by atoms with van der Waals surface area (Å²) in [5.41, 5.74) is 1.18. The molecule has 0 fully saturated rings. The number of anilines is 2. The summed E-state index contributed by atoms with van der Waals surface area (Å²) in [6, 6.07) is 15.7. The van der Waals surface area contributed by atoms with E-state index in [1.165, 1.54) is 25.1 Å². The van der Waals surface area contributed by atoms with Crippen LogP contribution in [0.5, 0.6) is 11.5 Å². The highest BCUT2D eigenvalue weighted by Gasteiger charge is 2.17. The fraction of sp³-hybridized carbons (Fsp3) is 0.182. The van der Waals surface area contributed by atoms with Gasteiger partial charge in [-0.05, 0) is 49.4 Å². The highest BCUT2D eigenvalue weighted by molar-refractivity contribution is 8.00. The maximum absolute atomic E-state index is 12.7. The van der Waals surface area contributed by atoms with Crippen molar-refractivity contribution in [1.29, 1.82) is 0 Å². The number of rotatable bonds is 8. The number of carbonyl (C=O) groups is 2. The highest BCUT2D eigenvalue weighted by atomic mass is 32.2. The summed E-state index contributed by atoms with van der Waals surface area (Å²) in [5.74, 6) is 0.880. The van der Waals surface area contributed by atoms with Gasteiger partial charge in [0.1, 0.15) is 11.5 Å². The molecule has 0 spiro atoms. The Balaban J connectivity index is 1.63. The fourth-order valence-corrected chi connectivity index (χ4v) is 3.57. The number of ether oxygens (including phenoxy) is 2. The largest absolute Gasteiger partial charge is 0.497 e. The highest BCUT2D eigenvalue weighted by Crippen LogP contribution is 2.31. The lowest BCUT2D eigenvalue weighted by atomic mass is 10.2. The van der Waals surface area contributed by atoms with Crippen molar-refractivity contribution in [2.24, 2.45) is 0 Å². The topological polar surface area (TPSA) is 89.8 Å². The standard InChI is InChI=1S/C22H22N2O5S/c1-14(21(25)24-18-10-9-16(27-2)13-20(18)28-3)30-17-7-4-6-15(12-17)23-22(26)19-8-5-11-29-19/h4-14H,1-3H3,(H,23,26)(H,24,25). The number of hydrogen-bond donors (Lipinski definition) is 2. The molecule has 1 heterocycles. The number of carbonyl (C=O) groups excluding carboxylic acids is 2. The molecule has 1 atom stereocenters. The van der Waals surface area contributed by atoms with E-state index in [2.05, 4.69) is 10.6 Å². The third-order valence-electron chi connectivity index (χ3n) is 4.19.